The van der Waals surface area contributed by atoms with Crippen molar-refractivity contribution in [2.24, 2.45) is 5.92 Å². The second kappa shape index (κ2) is 7.84. The topological polar surface area (TPSA) is 82.9 Å². The van der Waals surface area contributed by atoms with Gasteiger partial charge in [0.1, 0.15) is 5.69 Å². The molecule has 1 unspecified atom stereocenters. The molecule has 0 fully saturated rings. The predicted molar refractivity (Wildman–Crippen MR) is 94.1 cm³/mol. The first-order valence-electron chi connectivity index (χ1n) is 7.75. The van der Waals surface area contributed by atoms with Gasteiger partial charge in [-0.1, -0.05) is 32.9 Å². The molecule has 24 heavy (non-hydrogen) atoms. The van der Waals surface area contributed by atoms with Crippen LogP contribution in [0.25, 0.3) is 0 Å². The van der Waals surface area contributed by atoms with Crippen molar-refractivity contribution in [2.45, 2.75) is 33.1 Å². The van der Waals surface area contributed by atoms with Crippen LogP contribution in [0.15, 0.2) is 29.6 Å². The smallest absolute Gasteiger partial charge is 0.249 e. The molecule has 1 N–H and O–H groups in total. The molecule has 124 valence electrons. The van der Waals surface area contributed by atoms with Crippen LogP contribution in [0.2, 0.25) is 0 Å². The number of ketones is 1. The van der Waals surface area contributed by atoms with E-state index in [0.717, 1.165) is 17.0 Å². The highest BCUT2D eigenvalue weighted by molar-refractivity contribution is 7.09. The molecule has 0 aliphatic heterocycles. The zero-order valence-electron chi connectivity index (χ0n) is 13.9. The number of nitrogens with one attached hydrogen (secondary N) is 1. The monoisotopic (exact) mass is 341 g/mol. The summed E-state index contributed by atoms with van der Waals surface area (Å²) in [6.07, 6.45) is 0.898. The van der Waals surface area contributed by atoms with Crippen LogP contribution in [-0.4, -0.2) is 16.7 Å². The molecule has 1 atom stereocenters. The lowest BCUT2D eigenvalue weighted by Crippen LogP contribution is -2.29. The van der Waals surface area contributed by atoms with Crippen molar-refractivity contribution < 1.29 is 9.59 Å². The number of aryl methyl sites for hydroxylation is 1. The van der Waals surface area contributed by atoms with Crippen molar-refractivity contribution in [3.63, 3.8) is 0 Å². The predicted octanol–water partition coefficient (Wildman–Crippen LogP) is 3.79. The first-order chi connectivity index (χ1) is 11.5. The summed E-state index contributed by atoms with van der Waals surface area (Å²) in [5.74, 6) is -2.41. The van der Waals surface area contributed by atoms with Gasteiger partial charge in [0.15, 0.2) is 5.92 Å². The molecule has 0 aliphatic rings. The van der Waals surface area contributed by atoms with Crippen LogP contribution in [0.4, 0.5) is 5.69 Å². The molecular formula is C18H19N3O2S. The van der Waals surface area contributed by atoms with Gasteiger partial charge in [0.25, 0.3) is 0 Å². The third-order valence-electron chi connectivity index (χ3n) is 3.55. The zero-order valence-corrected chi connectivity index (χ0v) is 14.7. The number of aromatic nitrogens is 1. The van der Waals surface area contributed by atoms with E-state index in [9.17, 15) is 14.9 Å². The fourth-order valence-corrected chi connectivity index (χ4v) is 2.91. The average Bonchev–Trinajstić information content (AvgIpc) is 3.06. The summed E-state index contributed by atoms with van der Waals surface area (Å²) < 4.78 is 0. The standard InChI is InChI=1S/C18H19N3O2S/c1-4-12-5-7-13(8-6-12)20-17(23)14(9-19)16(22)15-10-24-18(21-15)11(2)3/h5-8,10-11,14H,4H2,1-3H3,(H,20,23). The largest absolute Gasteiger partial charge is 0.325 e. The van der Waals surface area contributed by atoms with Gasteiger partial charge in [-0.05, 0) is 24.1 Å². The molecule has 1 amide bonds. The number of rotatable bonds is 6. The summed E-state index contributed by atoms with van der Waals surface area (Å²) >= 11 is 1.36. The van der Waals surface area contributed by atoms with Crippen LogP contribution in [0.5, 0.6) is 0 Å². The molecule has 0 aliphatic carbocycles. The van der Waals surface area contributed by atoms with Crippen molar-refractivity contribution in [3.05, 3.63) is 45.9 Å². The number of hydrogen-bond donors (Lipinski definition) is 1. The Bertz CT molecular complexity index is 772. The van der Waals surface area contributed by atoms with E-state index in [1.165, 1.54) is 11.3 Å². The van der Waals surface area contributed by atoms with Crippen LogP contribution >= 0.6 is 11.3 Å². The third kappa shape index (κ3) is 4.06. The number of Topliss-reactive ketones (excluding diaryl/α,β-unsaturated/α-hetero) is 1. The van der Waals surface area contributed by atoms with Gasteiger partial charge >= 0.3 is 0 Å². The van der Waals surface area contributed by atoms with E-state index < -0.39 is 17.6 Å². The van der Waals surface area contributed by atoms with Gasteiger partial charge in [-0.15, -0.1) is 11.3 Å². The fourth-order valence-electron chi connectivity index (χ4n) is 2.09. The Morgan fingerprint density at radius 2 is 1.96 bits per heavy atom. The summed E-state index contributed by atoms with van der Waals surface area (Å²) in [5, 5.41) is 14.3. The first kappa shape index (κ1) is 17.8. The Morgan fingerprint density at radius 1 is 1.29 bits per heavy atom. The van der Waals surface area contributed by atoms with Gasteiger partial charge in [0.2, 0.25) is 11.7 Å². The highest BCUT2D eigenvalue weighted by atomic mass is 32.1. The number of carbonyl (C=O) groups excluding carboxylic acids is 2. The van der Waals surface area contributed by atoms with Crippen LogP contribution in [-0.2, 0) is 11.2 Å². The lowest BCUT2D eigenvalue weighted by Gasteiger charge is -2.09. The maximum absolute atomic E-state index is 12.4. The Labute approximate surface area is 145 Å². The SMILES string of the molecule is CCc1ccc(NC(=O)C(C#N)C(=O)c2csc(C(C)C)n2)cc1. The Morgan fingerprint density at radius 3 is 2.46 bits per heavy atom. The molecule has 5 nitrogen and oxygen atoms in total. The Balaban J connectivity index is 2.12. The summed E-state index contributed by atoms with van der Waals surface area (Å²) in [7, 11) is 0. The number of thiazole rings is 1. The summed E-state index contributed by atoms with van der Waals surface area (Å²) in [5.41, 5.74) is 1.88. The van der Waals surface area contributed by atoms with E-state index in [2.05, 4.69) is 10.3 Å². The molecule has 1 aromatic heterocycles. The molecule has 6 heteroatoms. The van der Waals surface area contributed by atoms with Crippen molar-refractivity contribution in [1.82, 2.24) is 4.98 Å². The maximum atomic E-state index is 12.4. The van der Waals surface area contributed by atoms with Crippen molar-refractivity contribution in [1.29, 1.82) is 5.26 Å². The minimum atomic E-state index is -1.40. The van der Waals surface area contributed by atoms with Crippen molar-refractivity contribution >= 4 is 28.7 Å². The molecule has 0 spiro atoms. The van der Waals surface area contributed by atoms with Crippen LogP contribution < -0.4 is 5.32 Å². The van der Waals surface area contributed by atoms with E-state index >= 15 is 0 Å². The third-order valence-corrected chi connectivity index (χ3v) is 4.70. The Hall–Kier alpha value is -2.52. The molecule has 2 aromatic rings. The second-order valence-corrected chi connectivity index (χ2v) is 6.58. The van der Waals surface area contributed by atoms with E-state index in [4.69, 9.17) is 0 Å². The minimum absolute atomic E-state index is 0.173. The Kier molecular flexibility index (Phi) is 5.83. The number of anilines is 1. The summed E-state index contributed by atoms with van der Waals surface area (Å²) in [6.45, 7) is 5.99. The highest BCUT2D eigenvalue weighted by Crippen LogP contribution is 2.21. The second-order valence-electron chi connectivity index (χ2n) is 5.69. The number of nitriles is 1. The molecule has 0 bridgehead atoms. The lowest BCUT2D eigenvalue weighted by molar-refractivity contribution is -0.117. The van der Waals surface area contributed by atoms with E-state index in [0.29, 0.717) is 5.69 Å². The number of amides is 1. The molecular weight excluding hydrogens is 322 g/mol. The fraction of sp³-hybridized carbons (Fsp3) is 0.333. The zero-order chi connectivity index (χ0) is 17.7. The molecule has 0 saturated heterocycles. The van der Waals surface area contributed by atoms with Crippen molar-refractivity contribution in [3.8, 4) is 6.07 Å². The van der Waals surface area contributed by atoms with Crippen LogP contribution in [0.3, 0.4) is 0 Å². The van der Waals surface area contributed by atoms with Gasteiger partial charge < -0.3 is 5.32 Å². The molecule has 2 rings (SSSR count). The van der Waals surface area contributed by atoms with Gasteiger partial charge in [-0.2, -0.15) is 5.26 Å². The van der Waals surface area contributed by atoms with Crippen LogP contribution in [0.1, 0.15) is 47.7 Å². The van der Waals surface area contributed by atoms with Gasteiger partial charge in [0, 0.05) is 17.0 Å². The number of nitrogens with zero attached hydrogens (tertiary/aromatic N) is 2. The van der Waals surface area contributed by atoms with Gasteiger partial charge in [0.05, 0.1) is 11.1 Å². The summed E-state index contributed by atoms with van der Waals surface area (Å²) in [4.78, 5) is 28.9. The highest BCUT2D eigenvalue weighted by Gasteiger charge is 2.29. The van der Waals surface area contributed by atoms with Crippen LogP contribution in [0, 0.1) is 17.2 Å². The molecule has 0 saturated carbocycles. The average molecular weight is 341 g/mol. The maximum Gasteiger partial charge on any atom is 0.249 e. The van der Waals surface area contributed by atoms with Gasteiger partial charge in [-0.3, -0.25) is 9.59 Å². The van der Waals surface area contributed by atoms with Gasteiger partial charge in [-0.25, -0.2) is 4.98 Å². The molecule has 1 heterocycles. The quantitative estimate of drug-likeness (QED) is 0.640. The molecule has 1 aromatic carbocycles. The number of hydrogen-bond acceptors (Lipinski definition) is 5. The van der Waals surface area contributed by atoms with E-state index in [1.807, 2.05) is 32.9 Å². The van der Waals surface area contributed by atoms with Crippen molar-refractivity contribution in [2.75, 3.05) is 5.32 Å². The molecule has 0 radical (unpaired) electrons. The van der Waals surface area contributed by atoms with E-state index in [1.54, 1.807) is 23.6 Å². The number of benzene rings is 1. The normalized spacial score (nSPS) is 11.8. The first-order valence-corrected chi connectivity index (χ1v) is 8.63. The minimum Gasteiger partial charge on any atom is -0.325 e. The van der Waals surface area contributed by atoms with E-state index in [-0.39, 0.29) is 11.6 Å². The number of carbonyl (C=O) groups is 2. The summed E-state index contributed by atoms with van der Waals surface area (Å²) in [6, 6.07) is 9.10. The lowest BCUT2D eigenvalue weighted by atomic mass is 10.0.